The fourth-order valence-corrected chi connectivity index (χ4v) is 2.32. The Morgan fingerprint density at radius 3 is 2.53 bits per heavy atom. The highest BCUT2D eigenvalue weighted by molar-refractivity contribution is 5.86. The van der Waals surface area contributed by atoms with Crippen LogP contribution in [-0.4, -0.2) is 5.54 Å². The van der Waals surface area contributed by atoms with Crippen molar-refractivity contribution in [2.24, 2.45) is 0 Å². The van der Waals surface area contributed by atoms with E-state index < -0.39 is 0 Å². The molecule has 0 fully saturated rings. The smallest absolute Gasteiger partial charge is 0.170 e. The Balaban J connectivity index is 2.50. The second kappa shape index (κ2) is 4.97. The zero-order valence-corrected chi connectivity index (χ0v) is 12.4. The molecule has 0 aliphatic rings. The van der Waals surface area contributed by atoms with Gasteiger partial charge >= 0.3 is 0 Å². The van der Waals surface area contributed by atoms with Gasteiger partial charge in [0.05, 0.1) is 6.54 Å². The summed E-state index contributed by atoms with van der Waals surface area (Å²) in [6, 6.07) is 3.29. The average molecular weight is 263 g/mol. The second-order valence-corrected chi connectivity index (χ2v) is 6.03. The molecular weight excluding hydrogens is 241 g/mol. The van der Waals surface area contributed by atoms with Gasteiger partial charge in [-0.05, 0) is 45.7 Å². The molecule has 0 saturated carbocycles. The minimum Gasteiger partial charge on any atom is -0.456 e. The predicted molar refractivity (Wildman–Crippen MR) is 76.9 cm³/mol. The van der Waals surface area contributed by atoms with Gasteiger partial charge in [-0.15, -0.1) is 0 Å². The van der Waals surface area contributed by atoms with Crippen molar-refractivity contribution >= 4 is 11.0 Å². The Bertz CT molecular complexity index is 593. The Kier molecular flexibility index (Phi) is 3.68. The van der Waals surface area contributed by atoms with E-state index in [-0.39, 0.29) is 11.4 Å². The van der Waals surface area contributed by atoms with Gasteiger partial charge in [-0.2, -0.15) is 0 Å². The van der Waals surface area contributed by atoms with E-state index in [0.29, 0.717) is 12.1 Å². The molecular formula is C16H22FNO. The van der Waals surface area contributed by atoms with E-state index in [2.05, 4.69) is 33.0 Å². The Labute approximate surface area is 114 Å². The van der Waals surface area contributed by atoms with E-state index in [4.69, 9.17) is 4.42 Å². The molecule has 1 N–H and O–H groups in total. The molecule has 0 bridgehead atoms. The molecule has 0 aliphatic heterocycles. The lowest BCUT2D eigenvalue weighted by molar-refractivity contribution is 0.391. The van der Waals surface area contributed by atoms with Crippen molar-refractivity contribution in [3.05, 3.63) is 34.8 Å². The molecule has 0 aliphatic carbocycles. The van der Waals surface area contributed by atoms with Crippen molar-refractivity contribution in [3.8, 4) is 0 Å². The van der Waals surface area contributed by atoms with Crippen LogP contribution in [0.1, 0.15) is 44.6 Å². The van der Waals surface area contributed by atoms with Crippen molar-refractivity contribution in [2.75, 3.05) is 0 Å². The molecule has 0 saturated heterocycles. The summed E-state index contributed by atoms with van der Waals surface area (Å²) in [4.78, 5) is 0. The first kappa shape index (κ1) is 14.1. The Hall–Kier alpha value is -1.35. The SMILES string of the molecule is CCc1c(CNC(C)(C)C)oc2c(F)ccc(C)c12. The van der Waals surface area contributed by atoms with Crippen molar-refractivity contribution in [3.63, 3.8) is 0 Å². The number of furan rings is 1. The van der Waals surface area contributed by atoms with E-state index >= 15 is 0 Å². The summed E-state index contributed by atoms with van der Waals surface area (Å²) in [7, 11) is 0. The van der Waals surface area contributed by atoms with Crippen molar-refractivity contribution in [2.45, 2.75) is 53.1 Å². The van der Waals surface area contributed by atoms with Gasteiger partial charge in [0.1, 0.15) is 5.76 Å². The lowest BCUT2D eigenvalue weighted by Gasteiger charge is -2.19. The van der Waals surface area contributed by atoms with E-state index in [1.54, 1.807) is 0 Å². The quantitative estimate of drug-likeness (QED) is 0.891. The van der Waals surface area contributed by atoms with E-state index in [1.807, 2.05) is 13.0 Å². The van der Waals surface area contributed by atoms with Gasteiger partial charge in [0.2, 0.25) is 0 Å². The van der Waals surface area contributed by atoms with Gasteiger partial charge in [0, 0.05) is 16.5 Å². The maximum Gasteiger partial charge on any atom is 0.170 e. The number of hydrogen-bond acceptors (Lipinski definition) is 2. The molecule has 2 nitrogen and oxygen atoms in total. The van der Waals surface area contributed by atoms with Gasteiger partial charge in [-0.3, -0.25) is 0 Å². The monoisotopic (exact) mass is 263 g/mol. The molecule has 0 spiro atoms. The number of halogens is 1. The lowest BCUT2D eigenvalue weighted by Crippen LogP contribution is -2.35. The standard InChI is InChI=1S/C16H22FNO/c1-6-11-13(9-18-16(3,4)5)19-15-12(17)8-7-10(2)14(11)15/h7-8,18H,6,9H2,1-5H3. The predicted octanol–water partition coefficient (Wildman–Crippen LogP) is 4.33. The van der Waals surface area contributed by atoms with Crippen LogP contribution in [0.5, 0.6) is 0 Å². The van der Waals surface area contributed by atoms with Crippen molar-refractivity contribution < 1.29 is 8.81 Å². The van der Waals surface area contributed by atoms with Gasteiger partial charge < -0.3 is 9.73 Å². The van der Waals surface area contributed by atoms with Crippen molar-refractivity contribution in [1.29, 1.82) is 0 Å². The number of nitrogens with one attached hydrogen (secondary N) is 1. The summed E-state index contributed by atoms with van der Waals surface area (Å²) in [6.45, 7) is 11.0. The zero-order valence-electron chi connectivity index (χ0n) is 12.4. The summed E-state index contributed by atoms with van der Waals surface area (Å²) in [5.41, 5.74) is 2.59. The molecule has 2 aromatic rings. The van der Waals surface area contributed by atoms with Crippen LogP contribution in [0.15, 0.2) is 16.5 Å². The average Bonchev–Trinajstić information content (AvgIpc) is 2.70. The molecule has 104 valence electrons. The van der Waals surface area contributed by atoms with Crippen LogP contribution in [0.25, 0.3) is 11.0 Å². The van der Waals surface area contributed by atoms with Crippen LogP contribution < -0.4 is 5.32 Å². The topological polar surface area (TPSA) is 25.2 Å². The van der Waals surface area contributed by atoms with Gasteiger partial charge in [0.25, 0.3) is 0 Å². The van der Waals surface area contributed by atoms with Crippen LogP contribution in [0, 0.1) is 12.7 Å². The Morgan fingerprint density at radius 2 is 1.95 bits per heavy atom. The number of hydrogen-bond donors (Lipinski definition) is 1. The highest BCUT2D eigenvalue weighted by atomic mass is 19.1. The van der Waals surface area contributed by atoms with Crippen LogP contribution in [0.4, 0.5) is 4.39 Å². The van der Waals surface area contributed by atoms with E-state index in [9.17, 15) is 4.39 Å². The molecule has 0 atom stereocenters. The lowest BCUT2D eigenvalue weighted by atomic mass is 10.0. The summed E-state index contributed by atoms with van der Waals surface area (Å²) < 4.78 is 19.6. The first-order valence-corrected chi connectivity index (χ1v) is 6.78. The number of aryl methyl sites for hydroxylation is 2. The van der Waals surface area contributed by atoms with Gasteiger partial charge in [0.15, 0.2) is 11.4 Å². The fourth-order valence-electron chi connectivity index (χ4n) is 2.32. The third kappa shape index (κ3) is 2.81. The maximum absolute atomic E-state index is 13.9. The number of fused-ring (bicyclic) bond motifs is 1. The molecule has 0 unspecified atom stereocenters. The number of rotatable bonds is 3. The first-order valence-electron chi connectivity index (χ1n) is 6.78. The molecule has 0 radical (unpaired) electrons. The normalized spacial score (nSPS) is 12.3. The third-order valence-electron chi connectivity index (χ3n) is 3.31. The first-order chi connectivity index (χ1) is 8.83. The third-order valence-corrected chi connectivity index (χ3v) is 3.31. The second-order valence-electron chi connectivity index (χ2n) is 6.03. The summed E-state index contributed by atoms with van der Waals surface area (Å²) in [6.07, 6.45) is 0.846. The van der Waals surface area contributed by atoms with Crippen LogP contribution in [0.3, 0.4) is 0 Å². The van der Waals surface area contributed by atoms with E-state index in [0.717, 1.165) is 28.7 Å². The molecule has 2 rings (SSSR count). The molecule has 1 heterocycles. The number of benzene rings is 1. The molecule has 1 aromatic heterocycles. The highest BCUT2D eigenvalue weighted by Gasteiger charge is 2.19. The minimum absolute atomic E-state index is 0.0115. The Morgan fingerprint density at radius 1 is 1.26 bits per heavy atom. The zero-order chi connectivity index (χ0) is 14.2. The van der Waals surface area contributed by atoms with Gasteiger partial charge in [-0.1, -0.05) is 13.0 Å². The summed E-state index contributed by atoms with van der Waals surface area (Å²) >= 11 is 0. The van der Waals surface area contributed by atoms with Crippen molar-refractivity contribution in [1.82, 2.24) is 5.32 Å². The highest BCUT2D eigenvalue weighted by Crippen LogP contribution is 2.31. The summed E-state index contributed by atoms with van der Waals surface area (Å²) in [5, 5.41) is 4.33. The van der Waals surface area contributed by atoms with E-state index in [1.165, 1.54) is 6.07 Å². The molecule has 19 heavy (non-hydrogen) atoms. The molecule has 0 amide bonds. The molecule has 3 heteroatoms. The van der Waals surface area contributed by atoms with Crippen LogP contribution in [0.2, 0.25) is 0 Å². The largest absolute Gasteiger partial charge is 0.456 e. The van der Waals surface area contributed by atoms with Crippen LogP contribution in [-0.2, 0) is 13.0 Å². The van der Waals surface area contributed by atoms with Gasteiger partial charge in [-0.25, -0.2) is 4.39 Å². The van der Waals surface area contributed by atoms with Crippen LogP contribution >= 0.6 is 0 Å². The summed E-state index contributed by atoms with van der Waals surface area (Å²) in [5.74, 6) is 0.568. The fraction of sp³-hybridized carbons (Fsp3) is 0.500. The molecule has 1 aromatic carbocycles. The minimum atomic E-state index is -0.280. The maximum atomic E-state index is 13.9.